The molecule has 1 heterocycles. The van der Waals surface area contributed by atoms with Crippen molar-refractivity contribution in [3.8, 4) is 5.75 Å². The number of anilines is 1. The Morgan fingerprint density at radius 2 is 2.17 bits per heavy atom. The summed E-state index contributed by atoms with van der Waals surface area (Å²) in [5.74, 6) is -1.09. The van der Waals surface area contributed by atoms with Gasteiger partial charge in [-0.1, -0.05) is 17.9 Å². The molecular formula is C11H9N2O5-. The fraction of sp³-hybridized carbons (Fsp3) is 0.0909. The highest BCUT2D eigenvalue weighted by atomic mass is 16.8. The Bertz CT molecular complexity index is 563. The predicted molar refractivity (Wildman–Crippen MR) is 59.1 cm³/mol. The number of aliphatic imine (C=N–C) groups is 1. The lowest BCUT2D eigenvalue weighted by atomic mass is 10.1. The third-order valence-corrected chi connectivity index (χ3v) is 2.26. The lowest BCUT2D eigenvalue weighted by Crippen LogP contribution is -2.14. The average Bonchev–Trinajstić information content (AvgIpc) is 2.60. The van der Waals surface area contributed by atoms with Crippen molar-refractivity contribution in [3.05, 3.63) is 29.5 Å². The second kappa shape index (κ2) is 4.47. The number of benzene rings is 1. The van der Waals surface area contributed by atoms with Crippen molar-refractivity contribution in [2.75, 3.05) is 5.23 Å². The number of nitrogens with zero attached hydrogens (tertiary/aromatic N) is 2. The second-order valence-corrected chi connectivity index (χ2v) is 3.53. The molecule has 18 heavy (non-hydrogen) atoms. The summed E-state index contributed by atoms with van der Waals surface area (Å²) in [5.41, 5.74) is -0.230. The monoisotopic (exact) mass is 249 g/mol. The zero-order chi connectivity index (χ0) is 13.3. The molecule has 0 atom stereocenters. The van der Waals surface area contributed by atoms with E-state index in [0.29, 0.717) is 0 Å². The first-order chi connectivity index (χ1) is 8.49. The Hall–Kier alpha value is -2.38. The smallest absolute Gasteiger partial charge is 0.363 e. The van der Waals surface area contributed by atoms with E-state index in [-0.39, 0.29) is 28.1 Å². The van der Waals surface area contributed by atoms with Crippen LogP contribution in [0, 0.1) is 0 Å². The number of hydrogen-bond donors (Lipinski definition) is 2. The van der Waals surface area contributed by atoms with Crippen LogP contribution >= 0.6 is 0 Å². The molecule has 94 valence electrons. The van der Waals surface area contributed by atoms with Gasteiger partial charge in [-0.25, -0.2) is 9.79 Å². The van der Waals surface area contributed by atoms with Crippen LogP contribution in [0.25, 0.3) is 6.08 Å². The molecule has 0 bridgehead atoms. The quantitative estimate of drug-likeness (QED) is 0.453. The molecule has 1 aliphatic rings. The van der Waals surface area contributed by atoms with Gasteiger partial charge in [-0.15, -0.1) is 5.23 Å². The molecule has 2 rings (SSSR count). The van der Waals surface area contributed by atoms with Gasteiger partial charge < -0.3 is 9.84 Å². The van der Waals surface area contributed by atoms with Crippen LogP contribution in [-0.2, 0) is 9.53 Å². The molecule has 0 fully saturated rings. The van der Waals surface area contributed by atoms with E-state index < -0.39 is 11.7 Å². The normalized spacial score (nSPS) is 16.7. The summed E-state index contributed by atoms with van der Waals surface area (Å²) < 4.78 is 4.70. The summed E-state index contributed by atoms with van der Waals surface area (Å²) in [5, 5.41) is 29.2. The van der Waals surface area contributed by atoms with E-state index in [9.17, 15) is 9.90 Å². The molecule has 0 unspecified atom stereocenters. The molecule has 0 saturated carbocycles. The molecule has 7 nitrogen and oxygen atoms in total. The highest BCUT2D eigenvalue weighted by Gasteiger charge is 2.19. The van der Waals surface area contributed by atoms with Crippen LogP contribution < -0.4 is 10.3 Å². The summed E-state index contributed by atoms with van der Waals surface area (Å²) >= 11 is 0. The van der Waals surface area contributed by atoms with E-state index in [0.717, 1.165) is 0 Å². The standard InChI is InChI=1S/C11H10N2O5/c1-6-12-8(11(15)18-6)5-7-3-2-4-9(10(7)14)13(16)17/h2-5,14,16-17H,1H3/p-1. The van der Waals surface area contributed by atoms with Crippen LogP contribution in [0.4, 0.5) is 5.69 Å². The second-order valence-electron chi connectivity index (χ2n) is 3.53. The van der Waals surface area contributed by atoms with Crippen molar-refractivity contribution in [1.82, 2.24) is 0 Å². The van der Waals surface area contributed by atoms with Gasteiger partial charge in [0, 0.05) is 6.92 Å². The molecule has 0 saturated heterocycles. The van der Waals surface area contributed by atoms with Crippen LogP contribution in [0.15, 0.2) is 28.9 Å². The highest BCUT2D eigenvalue weighted by Crippen LogP contribution is 2.29. The van der Waals surface area contributed by atoms with Crippen LogP contribution in [0.3, 0.4) is 0 Å². The van der Waals surface area contributed by atoms with E-state index in [2.05, 4.69) is 4.99 Å². The zero-order valence-corrected chi connectivity index (χ0v) is 9.32. The minimum absolute atomic E-state index is 0.0100. The Labute approximate surface area is 102 Å². The molecule has 7 heteroatoms. The third-order valence-electron chi connectivity index (χ3n) is 2.26. The van der Waals surface area contributed by atoms with E-state index in [1.165, 1.54) is 31.2 Å². The molecule has 0 radical (unpaired) electrons. The number of rotatable bonds is 2. The fourth-order valence-electron chi connectivity index (χ4n) is 1.48. The topological polar surface area (TPSA) is 105 Å². The molecule has 0 spiro atoms. The van der Waals surface area contributed by atoms with Crippen LogP contribution in [-0.4, -0.2) is 22.3 Å². The van der Waals surface area contributed by atoms with Crippen LogP contribution in [0.2, 0.25) is 0 Å². The highest BCUT2D eigenvalue weighted by molar-refractivity contribution is 6.06. The van der Waals surface area contributed by atoms with E-state index in [1.807, 2.05) is 0 Å². The molecule has 1 aromatic rings. The maximum Gasteiger partial charge on any atom is 0.363 e. The van der Waals surface area contributed by atoms with Gasteiger partial charge in [-0.05, 0) is 17.7 Å². The molecule has 1 aromatic carbocycles. The number of esters is 1. The van der Waals surface area contributed by atoms with Crippen molar-refractivity contribution in [1.29, 1.82) is 0 Å². The summed E-state index contributed by atoms with van der Waals surface area (Å²) in [4.78, 5) is 15.1. The number of carbonyl (C=O) groups is 1. The van der Waals surface area contributed by atoms with Crippen LogP contribution in [0.1, 0.15) is 12.5 Å². The third kappa shape index (κ3) is 2.17. The summed E-state index contributed by atoms with van der Waals surface area (Å²) in [6.07, 6.45) is 1.23. The maximum absolute atomic E-state index is 11.8. The Morgan fingerprint density at radius 3 is 2.72 bits per heavy atom. The molecule has 0 aliphatic carbocycles. The van der Waals surface area contributed by atoms with E-state index >= 15 is 0 Å². The lowest BCUT2D eigenvalue weighted by molar-refractivity contribution is -0.268. The number of hydrogen-bond acceptors (Lipinski definition) is 7. The Morgan fingerprint density at radius 1 is 1.44 bits per heavy atom. The van der Waals surface area contributed by atoms with Gasteiger partial charge in [0.2, 0.25) is 0 Å². The number of ether oxygens (including phenoxy) is 1. The summed E-state index contributed by atoms with van der Waals surface area (Å²) in [6.45, 7) is 1.51. The lowest BCUT2D eigenvalue weighted by Gasteiger charge is -2.19. The van der Waals surface area contributed by atoms with Gasteiger partial charge in [0.05, 0.1) is 5.69 Å². The van der Waals surface area contributed by atoms with Crippen molar-refractivity contribution < 1.29 is 25.1 Å². The van der Waals surface area contributed by atoms with Crippen molar-refractivity contribution in [2.24, 2.45) is 4.99 Å². The average molecular weight is 249 g/mol. The van der Waals surface area contributed by atoms with Crippen LogP contribution in [0.5, 0.6) is 5.75 Å². The Balaban J connectivity index is 2.44. The SMILES string of the molecule is CC1=NC(=Cc2cccc(N(O)O)c2[O-])C(=O)O1. The minimum Gasteiger partial charge on any atom is -0.871 e. The fourth-order valence-corrected chi connectivity index (χ4v) is 1.48. The van der Waals surface area contributed by atoms with Gasteiger partial charge in [0.1, 0.15) is 0 Å². The van der Waals surface area contributed by atoms with Crippen molar-refractivity contribution >= 4 is 23.6 Å². The number of carbonyl (C=O) groups excluding carboxylic acids is 1. The van der Waals surface area contributed by atoms with Gasteiger partial charge >= 0.3 is 5.97 Å². The Kier molecular flexibility index (Phi) is 3.00. The molecule has 1 aliphatic heterocycles. The van der Waals surface area contributed by atoms with Crippen molar-refractivity contribution in [3.63, 3.8) is 0 Å². The predicted octanol–water partition coefficient (Wildman–Crippen LogP) is 0.661. The first-order valence-corrected chi connectivity index (χ1v) is 4.96. The zero-order valence-electron chi connectivity index (χ0n) is 9.32. The van der Waals surface area contributed by atoms with Gasteiger partial charge in [0.15, 0.2) is 11.6 Å². The maximum atomic E-state index is 11.8. The van der Waals surface area contributed by atoms with Gasteiger partial charge in [-0.2, -0.15) is 0 Å². The molecule has 2 N–H and O–H groups in total. The first kappa shape index (κ1) is 12.1. The minimum atomic E-state index is -0.651. The van der Waals surface area contributed by atoms with E-state index in [1.54, 1.807) is 0 Å². The molecule has 0 amide bonds. The van der Waals surface area contributed by atoms with E-state index in [4.69, 9.17) is 15.2 Å². The van der Waals surface area contributed by atoms with Crippen molar-refractivity contribution in [2.45, 2.75) is 6.92 Å². The van der Waals surface area contributed by atoms with Gasteiger partial charge in [-0.3, -0.25) is 10.4 Å². The molecular weight excluding hydrogens is 240 g/mol. The number of cyclic esters (lactones) is 1. The molecule has 0 aromatic heterocycles. The summed E-state index contributed by atoms with van der Waals surface area (Å²) in [7, 11) is 0. The number of para-hydroxylation sites is 1. The first-order valence-electron chi connectivity index (χ1n) is 4.96. The summed E-state index contributed by atoms with van der Waals surface area (Å²) in [6, 6.07) is 4.10. The van der Waals surface area contributed by atoms with Gasteiger partial charge in [0.25, 0.3) is 0 Å². The largest absolute Gasteiger partial charge is 0.871 e.